The molecule has 0 radical (unpaired) electrons. The molecule has 0 saturated carbocycles. The van der Waals surface area contributed by atoms with Gasteiger partial charge in [0.05, 0.1) is 20.3 Å². The number of benzene rings is 2. The fraction of sp³-hybridized carbons (Fsp3) is 0.424. The van der Waals surface area contributed by atoms with Crippen molar-refractivity contribution in [3.05, 3.63) is 70.8 Å². The number of nitrogens with one attached hydrogen (secondary N) is 1. The number of aryl methyl sites for hydroxylation is 1. The summed E-state index contributed by atoms with van der Waals surface area (Å²) in [5.74, 6) is 0.269. The van der Waals surface area contributed by atoms with E-state index in [4.69, 9.17) is 40.0 Å². The van der Waals surface area contributed by atoms with Gasteiger partial charge in [-0.05, 0) is 28.3 Å². The van der Waals surface area contributed by atoms with Crippen LogP contribution in [0.4, 0.5) is 9.59 Å². The van der Waals surface area contributed by atoms with Gasteiger partial charge >= 0.3 is 18.3 Å². The third-order valence-electron chi connectivity index (χ3n) is 8.23. The summed E-state index contributed by atoms with van der Waals surface area (Å²) in [4.78, 5) is 42.1. The maximum absolute atomic E-state index is 13.5. The fourth-order valence-corrected chi connectivity index (χ4v) is 6.13. The highest BCUT2D eigenvalue weighted by Crippen LogP contribution is 2.32. The first-order chi connectivity index (χ1) is 24.2. The molecule has 17 heteroatoms. The van der Waals surface area contributed by atoms with Crippen molar-refractivity contribution in [2.45, 2.75) is 70.4 Å². The van der Waals surface area contributed by atoms with Crippen LogP contribution < -0.4 is 0 Å². The molecule has 2 saturated heterocycles. The molecular formula is C33H35ClN6O10. The summed E-state index contributed by atoms with van der Waals surface area (Å²) in [6.45, 7) is 3.73. The summed E-state index contributed by atoms with van der Waals surface area (Å²) in [6.07, 6.45) is -3.89. The second-order valence-corrected chi connectivity index (χ2v) is 11.9. The molecule has 16 nitrogen and oxygen atoms in total. The number of methoxy groups -OCH3 is 1. The zero-order valence-corrected chi connectivity index (χ0v) is 28.2. The van der Waals surface area contributed by atoms with Crippen LogP contribution >= 0.6 is 11.6 Å². The summed E-state index contributed by atoms with van der Waals surface area (Å²) in [5, 5.41) is 14.4. The van der Waals surface area contributed by atoms with Gasteiger partial charge in [-0.3, -0.25) is 0 Å². The molecule has 4 aromatic rings. The average Bonchev–Trinajstić information content (AvgIpc) is 3.91. The summed E-state index contributed by atoms with van der Waals surface area (Å²) in [6, 6.07) is 15.6. The van der Waals surface area contributed by atoms with Gasteiger partial charge in [0.15, 0.2) is 23.1 Å². The normalized spacial score (nSPS) is 20.2. The SMILES string of the molecule is CCCCc1nc(Cl)c(C(=O)OC(C)OC(=O)O[C@@H]2CO[C@@H]3[C@H]2OC[C@H]3OC(=O)OC)n1Cc1ccc(-c2ccccc2-c2nn[nH]n2)cc1. The lowest BCUT2D eigenvalue weighted by molar-refractivity contribution is -0.0992. The Morgan fingerprint density at radius 1 is 0.980 bits per heavy atom. The minimum absolute atomic E-state index is 0.0126. The molecule has 0 spiro atoms. The van der Waals surface area contributed by atoms with E-state index < -0.39 is 49.0 Å². The lowest BCUT2D eigenvalue weighted by Crippen LogP contribution is -2.36. The molecule has 6 rings (SSSR count). The predicted octanol–water partition coefficient (Wildman–Crippen LogP) is 4.75. The second kappa shape index (κ2) is 15.7. The average molecular weight is 711 g/mol. The molecule has 2 aliphatic heterocycles. The van der Waals surface area contributed by atoms with Gasteiger partial charge in [-0.25, -0.2) is 19.4 Å². The molecule has 1 unspecified atom stereocenters. The van der Waals surface area contributed by atoms with Gasteiger partial charge in [0.1, 0.15) is 18.0 Å². The van der Waals surface area contributed by atoms with Gasteiger partial charge < -0.3 is 37.7 Å². The molecule has 2 aromatic carbocycles. The minimum Gasteiger partial charge on any atom is -0.438 e. The van der Waals surface area contributed by atoms with Gasteiger partial charge in [-0.15, -0.1) is 10.2 Å². The van der Waals surface area contributed by atoms with Crippen LogP contribution in [0.25, 0.3) is 22.5 Å². The lowest BCUT2D eigenvalue weighted by Gasteiger charge is -2.19. The van der Waals surface area contributed by atoms with Crippen molar-refractivity contribution in [1.82, 2.24) is 30.2 Å². The molecule has 2 aliphatic rings. The van der Waals surface area contributed by atoms with Crippen molar-refractivity contribution in [3.8, 4) is 22.5 Å². The van der Waals surface area contributed by atoms with E-state index in [0.717, 1.165) is 35.1 Å². The van der Waals surface area contributed by atoms with Crippen LogP contribution in [0.3, 0.4) is 0 Å². The number of carbonyl (C=O) groups excluding carboxylic acids is 3. The van der Waals surface area contributed by atoms with Crippen LogP contribution in [0.15, 0.2) is 48.5 Å². The molecule has 1 N–H and O–H groups in total. The number of esters is 1. The van der Waals surface area contributed by atoms with Crippen LogP contribution in [0, 0.1) is 0 Å². The first-order valence-corrected chi connectivity index (χ1v) is 16.4. The highest BCUT2D eigenvalue weighted by atomic mass is 35.5. The number of aromatic nitrogens is 6. The number of imidazole rings is 1. The van der Waals surface area contributed by atoms with Crippen molar-refractivity contribution in [1.29, 1.82) is 0 Å². The van der Waals surface area contributed by atoms with Gasteiger partial charge in [0, 0.05) is 25.5 Å². The maximum Gasteiger partial charge on any atom is 0.511 e. The fourth-order valence-electron chi connectivity index (χ4n) is 5.86. The molecule has 2 aromatic heterocycles. The van der Waals surface area contributed by atoms with E-state index in [0.29, 0.717) is 18.1 Å². The molecule has 2 fully saturated rings. The second-order valence-electron chi connectivity index (χ2n) is 11.5. The zero-order chi connectivity index (χ0) is 35.2. The topological polar surface area (TPSA) is 188 Å². The predicted molar refractivity (Wildman–Crippen MR) is 173 cm³/mol. The van der Waals surface area contributed by atoms with Crippen LogP contribution in [-0.4, -0.2) is 99.5 Å². The number of tetrazole rings is 1. The Balaban J connectivity index is 1.11. The van der Waals surface area contributed by atoms with E-state index >= 15 is 0 Å². The number of H-pyrrole nitrogens is 1. The number of hydrogen-bond acceptors (Lipinski definition) is 14. The van der Waals surface area contributed by atoms with E-state index in [1.807, 2.05) is 48.5 Å². The number of fused-ring (bicyclic) bond motifs is 1. The summed E-state index contributed by atoms with van der Waals surface area (Å²) in [5.41, 5.74) is 3.60. The van der Waals surface area contributed by atoms with Crippen molar-refractivity contribution < 1.29 is 47.5 Å². The number of hydrogen-bond donors (Lipinski definition) is 1. The Labute approximate surface area is 291 Å². The quantitative estimate of drug-likeness (QED) is 0.120. The van der Waals surface area contributed by atoms with Crippen LogP contribution in [0.5, 0.6) is 0 Å². The lowest BCUT2D eigenvalue weighted by atomic mass is 9.98. The number of rotatable bonds is 12. The monoisotopic (exact) mass is 710 g/mol. The number of aromatic amines is 1. The Morgan fingerprint density at radius 2 is 1.66 bits per heavy atom. The van der Waals surface area contributed by atoms with Crippen molar-refractivity contribution in [2.24, 2.45) is 0 Å². The molecule has 5 atom stereocenters. The molecule has 0 aliphatic carbocycles. The smallest absolute Gasteiger partial charge is 0.438 e. The summed E-state index contributed by atoms with van der Waals surface area (Å²) < 4.78 is 38.7. The van der Waals surface area contributed by atoms with Crippen molar-refractivity contribution >= 4 is 29.9 Å². The van der Waals surface area contributed by atoms with Crippen LogP contribution in [0.1, 0.15) is 48.6 Å². The molecule has 0 bridgehead atoms. The first kappa shape index (κ1) is 34.8. The van der Waals surface area contributed by atoms with Crippen molar-refractivity contribution in [3.63, 3.8) is 0 Å². The van der Waals surface area contributed by atoms with E-state index in [1.54, 1.807) is 4.57 Å². The maximum atomic E-state index is 13.5. The number of nitrogens with zero attached hydrogens (tertiary/aromatic N) is 5. The molecule has 0 amide bonds. The number of halogens is 1. The molecular weight excluding hydrogens is 676 g/mol. The number of carbonyl (C=O) groups is 3. The van der Waals surface area contributed by atoms with Crippen LogP contribution in [0.2, 0.25) is 5.15 Å². The van der Waals surface area contributed by atoms with Gasteiger partial charge in [0.25, 0.3) is 0 Å². The molecule has 264 valence electrons. The third-order valence-corrected chi connectivity index (χ3v) is 8.49. The van der Waals surface area contributed by atoms with Crippen molar-refractivity contribution in [2.75, 3.05) is 20.3 Å². The van der Waals surface area contributed by atoms with Gasteiger partial charge in [0.2, 0.25) is 12.1 Å². The number of ether oxygens (including phenoxy) is 7. The Bertz CT molecular complexity index is 1800. The highest BCUT2D eigenvalue weighted by Gasteiger charge is 2.51. The Hall–Kier alpha value is -5.06. The molecule has 4 heterocycles. The van der Waals surface area contributed by atoms with E-state index in [1.165, 1.54) is 14.0 Å². The van der Waals surface area contributed by atoms with Crippen LogP contribution in [-0.2, 0) is 46.1 Å². The first-order valence-electron chi connectivity index (χ1n) is 16.0. The van der Waals surface area contributed by atoms with Gasteiger partial charge in [-0.1, -0.05) is 73.5 Å². The summed E-state index contributed by atoms with van der Waals surface area (Å²) >= 11 is 6.52. The third kappa shape index (κ3) is 7.72. The van der Waals surface area contributed by atoms with E-state index in [-0.39, 0.29) is 30.6 Å². The van der Waals surface area contributed by atoms with E-state index in [2.05, 4.69) is 37.3 Å². The minimum atomic E-state index is -1.34. The van der Waals surface area contributed by atoms with Gasteiger partial charge in [-0.2, -0.15) is 5.21 Å². The molecule has 50 heavy (non-hydrogen) atoms. The highest BCUT2D eigenvalue weighted by molar-refractivity contribution is 6.32. The standard InChI is InChI=1S/C33H35ClN6O10/c1-4-5-10-25-35-29(34)26(40(25)15-19-11-13-20(14-12-19)21-8-6-7-9-22(21)30-36-38-39-37-30)31(41)47-18(2)48-33(43)50-24-17-46-27-23(16-45-28(24)27)49-32(42)44-3/h6-9,11-14,18,23-24,27-28H,4-5,10,15-17H2,1-3H3,(H,36,37,38,39)/t18?,23-,24-,27+,28+/m1/s1. The summed E-state index contributed by atoms with van der Waals surface area (Å²) in [7, 11) is 1.19. The van der Waals surface area contributed by atoms with E-state index in [9.17, 15) is 14.4 Å². The number of unbranched alkanes of at least 4 members (excludes halogenated alkanes) is 1. The largest absolute Gasteiger partial charge is 0.511 e. The zero-order valence-electron chi connectivity index (χ0n) is 27.4. The Morgan fingerprint density at radius 3 is 2.30 bits per heavy atom. The Kier molecular flexibility index (Phi) is 10.9.